The molecule has 0 aliphatic carbocycles. The highest BCUT2D eigenvalue weighted by atomic mass is 32.2. The summed E-state index contributed by atoms with van der Waals surface area (Å²) in [6, 6.07) is 30.4. The van der Waals surface area contributed by atoms with Crippen LogP contribution in [0, 0.1) is 0 Å². The second-order valence-electron chi connectivity index (χ2n) is 9.31. The fourth-order valence-electron chi connectivity index (χ4n) is 4.98. The zero-order valence-electron chi connectivity index (χ0n) is 21.2. The first-order valence-corrected chi connectivity index (χ1v) is 14.2. The molecule has 0 spiro atoms. The topological polar surface area (TPSA) is 117 Å². The van der Waals surface area contributed by atoms with E-state index in [1.165, 1.54) is 16.8 Å². The van der Waals surface area contributed by atoms with E-state index in [9.17, 15) is 18.0 Å². The number of aromatic nitrogens is 2. The van der Waals surface area contributed by atoms with E-state index in [0.29, 0.717) is 0 Å². The third-order valence-electron chi connectivity index (χ3n) is 6.65. The van der Waals surface area contributed by atoms with Crippen molar-refractivity contribution in [3.05, 3.63) is 141 Å². The maximum atomic E-state index is 12.4. The lowest BCUT2D eigenvalue weighted by atomic mass is 9.80. The van der Waals surface area contributed by atoms with Crippen LogP contribution in [-0.2, 0) is 29.4 Å². The van der Waals surface area contributed by atoms with Gasteiger partial charge in [-0.3, -0.25) is 18.5 Å². The van der Waals surface area contributed by atoms with Gasteiger partial charge in [0.05, 0.1) is 12.9 Å². The Kier molecular flexibility index (Phi) is 7.62. The molecule has 1 fully saturated rings. The molecule has 1 saturated heterocycles. The Morgan fingerprint density at radius 1 is 0.872 bits per heavy atom. The molecular formula is C29H28N2O7S. The molecule has 0 amide bonds. The van der Waals surface area contributed by atoms with Crippen molar-refractivity contribution in [3.8, 4) is 0 Å². The number of nitrogens with zero attached hydrogens (tertiary/aromatic N) is 1. The van der Waals surface area contributed by atoms with Crippen LogP contribution in [0.3, 0.4) is 0 Å². The lowest BCUT2D eigenvalue weighted by molar-refractivity contribution is -0.0910. The molecule has 39 heavy (non-hydrogen) atoms. The summed E-state index contributed by atoms with van der Waals surface area (Å²) in [5.74, 6) is 0. The standard InChI is InChI=1S/C29H28N2O7S/c1-39(34,35)38-24-19-27(31-18-17-26(32)30-28(31)33)37-25(24)20-36-29(21-11-5-2-6-12-21,22-13-7-3-8-14-22)23-15-9-4-10-16-23/h2-18,24-25,27H,19-20H2,1H3,(H,30,32,33)/t24-,25-,27+/m1/s1. The maximum absolute atomic E-state index is 12.4. The Morgan fingerprint density at radius 3 is 1.85 bits per heavy atom. The average Bonchev–Trinajstić information content (AvgIpc) is 3.31. The van der Waals surface area contributed by atoms with Gasteiger partial charge >= 0.3 is 5.69 Å². The van der Waals surface area contributed by atoms with Crippen molar-refractivity contribution in [1.29, 1.82) is 0 Å². The minimum absolute atomic E-state index is 0.0576. The number of nitrogens with one attached hydrogen (secondary N) is 1. The number of hydrogen-bond acceptors (Lipinski definition) is 7. The highest BCUT2D eigenvalue weighted by molar-refractivity contribution is 7.86. The van der Waals surface area contributed by atoms with E-state index in [4.69, 9.17) is 13.7 Å². The van der Waals surface area contributed by atoms with E-state index in [1.807, 2.05) is 91.0 Å². The molecule has 1 aliphatic rings. The van der Waals surface area contributed by atoms with E-state index in [2.05, 4.69) is 4.98 Å². The second kappa shape index (κ2) is 11.1. The molecule has 9 nitrogen and oxygen atoms in total. The molecule has 0 radical (unpaired) electrons. The Bertz CT molecular complexity index is 1520. The molecule has 202 valence electrons. The highest BCUT2D eigenvalue weighted by Crippen LogP contribution is 2.42. The van der Waals surface area contributed by atoms with Crippen LogP contribution < -0.4 is 11.2 Å². The Balaban J connectivity index is 1.55. The SMILES string of the molecule is CS(=O)(=O)O[C@@H]1C[C@@H](n2ccc(=O)[nH]c2=O)O[C@@H]1COC(c1ccccc1)(c1ccccc1)c1ccccc1. The normalized spacial score (nSPS) is 19.7. The largest absolute Gasteiger partial charge is 0.358 e. The molecule has 1 N–H and O–H groups in total. The van der Waals surface area contributed by atoms with E-state index in [1.54, 1.807) is 0 Å². The van der Waals surface area contributed by atoms with Crippen LogP contribution in [0.1, 0.15) is 29.3 Å². The predicted molar refractivity (Wildman–Crippen MR) is 145 cm³/mol. The first-order chi connectivity index (χ1) is 18.8. The van der Waals surface area contributed by atoms with Gasteiger partial charge in [0.1, 0.15) is 24.0 Å². The molecule has 2 heterocycles. The second-order valence-corrected chi connectivity index (χ2v) is 10.9. The van der Waals surface area contributed by atoms with E-state index in [-0.39, 0.29) is 13.0 Å². The Labute approximate surface area is 225 Å². The summed E-state index contributed by atoms with van der Waals surface area (Å²) in [6.07, 6.45) is -0.305. The third-order valence-corrected chi connectivity index (χ3v) is 7.24. The zero-order valence-corrected chi connectivity index (χ0v) is 22.0. The van der Waals surface area contributed by atoms with Gasteiger partial charge in [-0.25, -0.2) is 4.79 Å². The average molecular weight is 549 g/mol. The minimum atomic E-state index is -3.85. The van der Waals surface area contributed by atoms with Crippen LogP contribution in [0.4, 0.5) is 0 Å². The van der Waals surface area contributed by atoms with Crippen LogP contribution in [-0.4, -0.2) is 43.0 Å². The molecule has 0 unspecified atom stereocenters. The number of benzene rings is 3. The number of hydrogen-bond donors (Lipinski definition) is 1. The van der Waals surface area contributed by atoms with Crippen molar-refractivity contribution in [3.63, 3.8) is 0 Å². The van der Waals surface area contributed by atoms with Gasteiger partial charge in [-0.1, -0.05) is 91.0 Å². The maximum Gasteiger partial charge on any atom is 0.330 e. The van der Waals surface area contributed by atoms with Crippen molar-refractivity contribution in [1.82, 2.24) is 9.55 Å². The monoisotopic (exact) mass is 548 g/mol. The quantitative estimate of drug-likeness (QED) is 0.252. The van der Waals surface area contributed by atoms with Gasteiger partial charge < -0.3 is 9.47 Å². The van der Waals surface area contributed by atoms with Crippen LogP contribution in [0.25, 0.3) is 0 Å². The Morgan fingerprint density at radius 2 is 1.38 bits per heavy atom. The van der Waals surface area contributed by atoms with Crippen LogP contribution in [0.2, 0.25) is 0 Å². The van der Waals surface area contributed by atoms with Crippen molar-refractivity contribution >= 4 is 10.1 Å². The van der Waals surface area contributed by atoms with Crippen molar-refractivity contribution in [2.45, 2.75) is 30.5 Å². The summed E-state index contributed by atoms with van der Waals surface area (Å²) < 4.78 is 43.8. The van der Waals surface area contributed by atoms with Gasteiger partial charge in [-0.05, 0) is 16.7 Å². The summed E-state index contributed by atoms with van der Waals surface area (Å²) in [5, 5.41) is 0. The fourth-order valence-corrected chi connectivity index (χ4v) is 5.63. The number of H-pyrrole nitrogens is 1. The van der Waals surface area contributed by atoms with Gasteiger partial charge in [0.15, 0.2) is 0 Å². The number of ether oxygens (including phenoxy) is 2. The zero-order chi connectivity index (χ0) is 27.5. The number of rotatable bonds is 9. The summed E-state index contributed by atoms with van der Waals surface area (Å²) in [7, 11) is -3.85. The molecule has 0 bridgehead atoms. The van der Waals surface area contributed by atoms with E-state index in [0.717, 1.165) is 22.9 Å². The fraction of sp³-hybridized carbons (Fsp3) is 0.241. The lowest BCUT2D eigenvalue weighted by Crippen LogP contribution is -2.39. The minimum Gasteiger partial charge on any atom is -0.358 e. The molecule has 3 atom stereocenters. The van der Waals surface area contributed by atoms with Crippen LogP contribution in [0.15, 0.2) is 113 Å². The van der Waals surface area contributed by atoms with E-state index >= 15 is 0 Å². The molecule has 10 heteroatoms. The first kappa shape index (κ1) is 26.8. The summed E-state index contributed by atoms with van der Waals surface area (Å²) >= 11 is 0. The Hall–Kier alpha value is -3.83. The molecule has 1 aromatic heterocycles. The van der Waals surface area contributed by atoms with Gasteiger partial charge in [-0.15, -0.1) is 0 Å². The van der Waals surface area contributed by atoms with Gasteiger partial charge in [0, 0.05) is 18.7 Å². The van der Waals surface area contributed by atoms with Crippen molar-refractivity contribution < 1.29 is 22.1 Å². The lowest BCUT2D eigenvalue weighted by Gasteiger charge is -2.37. The molecule has 0 saturated carbocycles. The van der Waals surface area contributed by atoms with Gasteiger partial charge in [-0.2, -0.15) is 8.42 Å². The smallest absolute Gasteiger partial charge is 0.330 e. The number of aromatic amines is 1. The van der Waals surface area contributed by atoms with Crippen molar-refractivity contribution in [2.24, 2.45) is 0 Å². The summed E-state index contributed by atoms with van der Waals surface area (Å²) in [4.78, 5) is 26.2. The summed E-state index contributed by atoms with van der Waals surface area (Å²) in [6.45, 7) is -0.0620. The van der Waals surface area contributed by atoms with Crippen LogP contribution >= 0.6 is 0 Å². The highest BCUT2D eigenvalue weighted by Gasteiger charge is 2.43. The molecule has 4 aromatic rings. The van der Waals surface area contributed by atoms with Crippen molar-refractivity contribution in [2.75, 3.05) is 12.9 Å². The van der Waals surface area contributed by atoms with E-state index < -0.39 is 45.4 Å². The molecular weight excluding hydrogens is 520 g/mol. The van der Waals surface area contributed by atoms with Crippen LogP contribution in [0.5, 0.6) is 0 Å². The predicted octanol–water partition coefficient (Wildman–Crippen LogP) is 3.18. The summed E-state index contributed by atoms with van der Waals surface area (Å²) in [5.41, 5.74) is 0.337. The van der Waals surface area contributed by atoms with Gasteiger partial charge in [0.2, 0.25) is 0 Å². The molecule has 3 aromatic carbocycles. The first-order valence-electron chi connectivity index (χ1n) is 12.4. The molecule has 1 aliphatic heterocycles. The van der Waals surface area contributed by atoms with Gasteiger partial charge in [0.25, 0.3) is 15.7 Å². The third kappa shape index (κ3) is 5.79. The molecule has 5 rings (SSSR count).